The summed E-state index contributed by atoms with van der Waals surface area (Å²) in [6.45, 7) is 1.55. The summed E-state index contributed by atoms with van der Waals surface area (Å²) in [5.41, 5.74) is 7.01. The molecule has 1 atom stereocenters. The Balaban J connectivity index is 1.77. The van der Waals surface area contributed by atoms with Crippen molar-refractivity contribution in [1.82, 2.24) is 4.90 Å². The van der Waals surface area contributed by atoms with Gasteiger partial charge in [0.2, 0.25) is 5.91 Å². The largest absolute Gasteiger partial charge is 0.341 e. The SMILES string of the molecule is NC1CCCN(C(=O)CCCc2ccc(Cl)c(Cl)c2)C1. The Labute approximate surface area is 130 Å². The predicted octanol–water partition coefficient (Wildman–Crippen LogP) is 3.27. The molecule has 1 amide bonds. The van der Waals surface area contributed by atoms with Gasteiger partial charge in [0.25, 0.3) is 0 Å². The maximum absolute atomic E-state index is 12.1. The van der Waals surface area contributed by atoms with Crippen LogP contribution in [0.15, 0.2) is 18.2 Å². The van der Waals surface area contributed by atoms with Crippen LogP contribution in [0.3, 0.4) is 0 Å². The number of aryl methyl sites for hydroxylation is 1. The van der Waals surface area contributed by atoms with E-state index in [1.54, 1.807) is 6.07 Å². The summed E-state index contributed by atoms with van der Waals surface area (Å²) in [5.74, 6) is 0.209. The Bertz CT molecular complexity index is 479. The van der Waals surface area contributed by atoms with Gasteiger partial charge in [0.1, 0.15) is 0 Å². The molecule has 20 heavy (non-hydrogen) atoms. The third kappa shape index (κ3) is 4.37. The second-order valence-electron chi connectivity index (χ2n) is 5.34. The molecule has 2 N–H and O–H groups in total. The first-order valence-corrected chi connectivity index (χ1v) is 7.79. The third-order valence-electron chi connectivity index (χ3n) is 3.65. The molecule has 3 nitrogen and oxygen atoms in total. The van der Waals surface area contributed by atoms with Gasteiger partial charge in [0, 0.05) is 25.6 Å². The van der Waals surface area contributed by atoms with E-state index in [0.717, 1.165) is 37.8 Å². The summed E-state index contributed by atoms with van der Waals surface area (Å²) in [6.07, 6.45) is 4.25. The number of likely N-dealkylation sites (tertiary alicyclic amines) is 1. The molecule has 1 unspecified atom stereocenters. The molecule has 1 aliphatic heterocycles. The van der Waals surface area contributed by atoms with Crippen molar-refractivity contribution in [3.63, 3.8) is 0 Å². The standard InChI is InChI=1S/C15H20Cl2N2O/c16-13-7-6-11(9-14(13)17)3-1-5-15(20)19-8-2-4-12(18)10-19/h6-7,9,12H,1-5,8,10,18H2. The quantitative estimate of drug-likeness (QED) is 0.927. The molecule has 0 spiro atoms. The number of amides is 1. The summed E-state index contributed by atoms with van der Waals surface area (Å²) in [4.78, 5) is 14.0. The topological polar surface area (TPSA) is 46.3 Å². The van der Waals surface area contributed by atoms with E-state index >= 15 is 0 Å². The molecule has 110 valence electrons. The van der Waals surface area contributed by atoms with Crippen LogP contribution in [0.1, 0.15) is 31.2 Å². The van der Waals surface area contributed by atoms with E-state index in [2.05, 4.69) is 0 Å². The van der Waals surface area contributed by atoms with Gasteiger partial charge in [-0.25, -0.2) is 0 Å². The van der Waals surface area contributed by atoms with Crippen LogP contribution in [-0.4, -0.2) is 29.9 Å². The van der Waals surface area contributed by atoms with Gasteiger partial charge in [0.05, 0.1) is 10.0 Å². The highest BCUT2D eigenvalue weighted by Gasteiger charge is 2.20. The van der Waals surface area contributed by atoms with Crippen LogP contribution in [0, 0.1) is 0 Å². The fraction of sp³-hybridized carbons (Fsp3) is 0.533. The minimum atomic E-state index is 0.141. The van der Waals surface area contributed by atoms with E-state index in [-0.39, 0.29) is 11.9 Å². The molecule has 1 aromatic carbocycles. The summed E-state index contributed by atoms with van der Waals surface area (Å²) in [5, 5.41) is 1.13. The molecule has 5 heteroatoms. The Morgan fingerprint density at radius 1 is 1.35 bits per heavy atom. The van der Waals surface area contributed by atoms with E-state index in [1.165, 1.54) is 0 Å². The molecule has 1 saturated heterocycles. The fourth-order valence-corrected chi connectivity index (χ4v) is 2.85. The summed E-state index contributed by atoms with van der Waals surface area (Å²) in [7, 11) is 0. The van der Waals surface area contributed by atoms with E-state index in [1.807, 2.05) is 17.0 Å². The highest BCUT2D eigenvalue weighted by Crippen LogP contribution is 2.23. The number of carbonyl (C=O) groups excluding carboxylic acids is 1. The van der Waals surface area contributed by atoms with Gasteiger partial charge in [-0.05, 0) is 43.4 Å². The Kier molecular flexibility index (Phi) is 5.70. The lowest BCUT2D eigenvalue weighted by Crippen LogP contribution is -2.45. The molecule has 0 bridgehead atoms. The summed E-state index contributed by atoms with van der Waals surface area (Å²) >= 11 is 11.8. The molecule has 1 aromatic rings. The Hall–Kier alpha value is -0.770. The van der Waals surface area contributed by atoms with Gasteiger partial charge < -0.3 is 10.6 Å². The zero-order chi connectivity index (χ0) is 14.5. The number of hydrogen-bond donors (Lipinski definition) is 1. The first kappa shape index (κ1) is 15.6. The first-order valence-electron chi connectivity index (χ1n) is 7.03. The highest BCUT2D eigenvalue weighted by molar-refractivity contribution is 6.42. The normalized spacial score (nSPS) is 19.1. The van der Waals surface area contributed by atoms with Crippen LogP contribution in [0.5, 0.6) is 0 Å². The number of nitrogens with zero attached hydrogens (tertiary/aromatic N) is 1. The number of carbonyl (C=O) groups is 1. The second kappa shape index (κ2) is 7.30. The van der Waals surface area contributed by atoms with Crippen molar-refractivity contribution in [3.05, 3.63) is 33.8 Å². The van der Waals surface area contributed by atoms with E-state index in [4.69, 9.17) is 28.9 Å². The zero-order valence-electron chi connectivity index (χ0n) is 11.4. The van der Waals surface area contributed by atoms with E-state index in [9.17, 15) is 4.79 Å². The minimum Gasteiger partial charge on any atom is -0.341 e. The van der Waals surface area contributed by atoms with Gasteiger partial charge in [-0.3, -0.25) is 4.79 Å². The van der Waals surface area contributed by atoms with Gasteiger partial charge in [-0.2, -0.15) is 0 Å². The number of piperidine rings is 1. The molecule has 1 heterocycles. The molecule has 2 rings (SSSR count). The Morgan fingerprint density at radius 3 is 2.85 bits per heavy atom. The van der Waals surface area contributed by atoms with Crippen LogP contribution >= 0.6 is 23.2 Å². The maximum Gasteiger partial charge on any atom is 0.222 e. The van der Waals surface area contributed by atoms with Crippen LogP contribution in [-0.2, 0) is 11.2 Å². The average Bonchev–Trinajstić information content (AvgIpc) is 2.42. The van der Waals surface area contributed by atoms with Crippen molar-refractivity contribution in [2.45, 2.75) is 38.1 Å². The first-order chi connectivity index (χ1) is 9.56. The predicted molar refractivity (Wildman–Crippen MR) is 83.2 cm³/mol. The molecular weight excluding hydrogens is 295 g/mol. The van der Waals surface area contributed by atoms with Gasteiger partial charge >= 0.3 is 0 Å². The fourth-order valence-electron chi connectivity index (χ4n) is 2.53. The van der Waals surface area contributed by atoms with Crippen molar-refractivity contribution in [3.8, 4) is 0 Å². The van der Waals surface area contributed by atoms with Crippen molar-refractivity contribution >= 4 is 29.1 Å². The van der Waals surface area contributed by atoms with Crippen molar-refractivity contribution in [1.29, 1.82) is 0 Å². The van der Waals surface area contributed by atoms with Gasteiger partial charge in [-0.1, -0.05) is 29.3 Å². The highest BCUT2D eigenvalue weighted by atomic mass is 35.5. The molecule has 0 radical (unpaired) electrons. The molecule has 1 aliphatic rings. The zero-order valence-corrected chi connectivity index (χ0v) is 13.0. The van der Waals surface area contributed by atoms with Crippen LogP contribution in [0.4, 0.5) is 0 Å². The number of nitrogens with two attached hydrogens (primary N) is 1. The lowest BCUT2D eigenvalue weighted by Gasteiger charge is -2.30. The average molecular weight is 315 g/mol. The number of halogens is 2. The van der Waals surface area contributed by atoms with E-state index < -0.39 is 0 Å². The lowest BCUT2D eigenvalue weighted by atomic mass is 10.0. The molecule has 1 fully saturated rings. The van der Waals surface area contributed by atoms with Crippen molar-refractivity contribution in [2.24, 2.45) is 5.73 Å². The third-order valence-corrected chi connectivity index (χ3v) is 4.39. The maximum atomic E-state index is 12.1. The van der Waals surface area contributed by atoms with Gasteiger partial charge in [-0.15, -0.1) is 0 Å². The number of rotatable bonds is 4. The van der Waals surface area contributed by atoms with E-state index in [0.29, 0.717) is 23.0 Å². The van der Waals surface area contributed by atoms with Crippen LogP contribution < -0.4 is 5.73 Å². The van der Waals surface area contributed by atoms with Crippen LogP contribution in [0.25, 0.3) is 0 Å². The monoisotopic (exact) mass is 314 g/mol. The smallest absolute Gasteiger partial charge is 0.222 e. The summed E-state index contributed by atoms with van der Waals surface area (Å²) < 4.78 is 0. The van der Waals surface area contributed by atoms with Gasteiger partial charge in [0.15, 0.2) is 0 Å². The van der Waals surface area contributed by atoms with Crippen molar-refractivity contribution < 1.29 is 4.79 Å². The lowest BCUT2D eigenvalue weighted by molar-refractivity contribution is -0.132. The second-order valence-corrected chi connectivity index (χ2v) is 6.16. The molecule has 0 saturated carbocycles. The number of benzene rings is 1. The number of hydrogen-bond acceptors (Lipinski definition) is 2. The minimum absolute atomic E-state index is 0.141. The summed E-state index contributed by atoms with van der Waals surface area (Å²) in [6, 6.07) is 5.76. The molecule has 0 aromatic heterocycles. The Morgan fingerprint density at radius 2 is 2.15 bits per heavy atom. The molecular formula is C15H20Cl2N2O. The van der Waals surface area contributed by atoms with Crippen molar-refractivity contribution in [2.75, 3.05) is 13.1 Å². The molecule has 0 aliphatic carbocycles. The van der Waals surface area contributed by atoms with Crippen LogP contribution in [0.2, 0.25) is 10.0 Å².